The highest BCUT2D eigenvalue weighted by atomic mass is 16.5. The van der Waals surface area contributed by atoms with Crippen LogP contribution in [0, 0.1) is 0 Å². The Labute approximate surface area is 148 Å². The third-order valence-corrected chi connectivity index (χ3v) is 5.12. The molecule has 0 radical (unpaired) electrons. The Kier molecular flexibility index (Phi) is 5.58. The maximum atomic E-state index is 12.5. The van der Waals surface area contributed by atoms with Crippen LogP contribution in [0.15, 0.2) is 30.3 Å². The molecule has 1 saturated heterocycles. The highest BCUT2D eigenvalue weighted by Crippen LogP contribution is 2.26. The SMILES string of the molecule is NC1(C(=O)NC2CC(=O)N(CCOc3ccccc3)C2)CCCCC1. The van der Waals surface area contributed by atoms with Gasteiger partial charge in [-0.3, -0.25) is 9.59 Å². The molecule has 1 aromatic carbocycles. The first kappa shape index (κ1) is 17.7. The smallest absolute Gasteiger partial charge is 0.240 e. The molecule has 3 N–H and O–H groups in total. The first-order valence-corrected chi connectivity index (χ1v) is 9.12. The van der Waals surface area contributed by atoms with Gasteiger partial charge in [-0.2, -0.15) is 0 Å². The summed E-state index contributed by atoms with van der Waals surface area (Å²) in [6.07, 6.45) is 4.94. The third kappa shape index (κ3) is 4.51. The molecule has 2 amide bonds. The van der Waals surface area contributed by atoms with Crippen molar-refractivity contribution in [3.05, 3.63) is 30.3 Å². The van der Waals surface area contributed by atoms with Crippen LogP contribution in [0.5, 0.6) is 5.75 Å². The Morgan fingerprint density at radius 3 is 2.68 bits per heavy atom. The number of rotatable bonds is 6. The maximum Gasteiger partial charge on any atom is 0.240 e. The van der Waals surface area contributed by atoms with Gasteiger partial charge >= 0.3 is 0 Å². The molecular formula is C19H27N3O3. The molecule has 6 nitrogen and oxygen atoms in total. The first-order valence-electron chi connectivity index (χ1n) is 9.12. The van der Waals surface area contributed by atoms with E-state index in [1.807, 2.05) is 30.3 Å². The highest BCUT2D eigenvalue weighted by molar-refractivity contribution is 5.88. The van der Waals surface area contributed by atoms with Gasteiger partial charge in [0.05, 0.1) is 18.1 Å². The lowest BCUT2D eigenvalue weighted by atomic mass is 9.81. The summed E-state index contributed by atoms with van der Waals surface area (Å²) in [4.78, 5) is 26.4. The van der Waals surface area contributed by atoms with Crippen LogP contribution in [-0.2, 0) is 9.59 Å². The summed E-state index contributed by atoms with van der Waals surface area (Å²) in [5, 5.41) is 2.99. The van der Waals surface area contributed by atoms with Crippen LogP contribution in [0.25, 0.3) is 0 Å². The lowest BCUT2D eigenvalue weighted by molar-refractivity contribution is -0.128. The van der Waals surface area contributed by atoms with E-state index < -0.39 is 5.54 Å². The Morgan fingerprint density at radius 1 is 1.24 bits per heavy atom. The van der Waals surface area contributed by atoms with Gasteiger partial charge in [0, 0.05) is 13.0 Å². The van der Waals surface area contributed by atoms with Gasteiger partial charge in [-0.15, -0.1) is 0 Å². The van der Waals surface area contributed by atoms with E-state index in [-0.39, 0.29) is 17.9 Å². The van der Waals surface area contributed by atoms with Crippen molar-refractivity contribution in [1.82, 2.24) is 10.2 Å². The molecule has 0 spiro atoms. The topological polar surface area (TPSA) is 84.7 Å². The zero-order chi connectivity index (χ0) is 17.7. The molecular weight excluding hydrogens is 318 g/mol. The summed E-state index contributed by atoms with van der Waals surface area (Å²) in [5.41, 5.74) is 5.51. The van der Waals surface area contributed by atoms with Crippen LogP contribution in [0.3, 0.4) is 0 Å². The number of hydrogen-bond donors (Lipinski definition) is 2. The van der Waals surface area contributed by atoms with E-state index in [2.05, 4.69) is 5.32 Å². The number of nitrogens with zero attached hydrogens (tertiary/aromatic N) is 1. The highest BCUT2D eigenvalue weighted by Gasteiger charge is 2.38. The number of ether oxygens (including phenoxy) is 1. The number of para-hydroxylation sites is 1. The van der Waals surface area contributed by atoms with Crippen LogP contribution in [0.1, 0.15) is 38.5 Å². The largest absolute Gasteiger partial charge is 0.492 e. The molecule has 0 bridgehead atoms. The van der Waals surface area contributed by atoms with Gasteiger partial charge < -0.3 is 20.7 Å². The van der Waals surface area contributed by atoms with Crippen molar-refractivity contribution in [2.24, 2.45) is 5.73 Å². The Hall–Kier alpha value is -2.08. The standard InChI is InChI=1S/C19H27N3O3/c20-19(9-5-2-6-10-19)18(24)21-15-13-17(23)22(14-15)11-12-25-16-7-3-1-4-8-16/h1,3-4,7-8,15H,2,5-6,9-14,20H2,(H,21,24). The van der Waals surface area contributed by atoms with Crippen molar-refractivity contribution < 1.29 is 14.3 Å². The van der Waals surface area contributed by atoms with Crippen molar-refractivity contribution in [3.63, 3.8) is 0 Å². The molecule has 1 atom stereocenters. The van der Waals surface area contributed by atoms with E-state index in [1.54, 1.807) is 4.90 Å². The van der Waals surface area contributed by atoms with Crippen LogP contribution >= 0.6 is 0 Å². The Bertz CT molecular complexity index is 599. The van der Waals surface area contributed by atoms with Gasteiger partial charge in [0.25, 0.3) is 0 Å². The summed E-state index contributed by atoms with van der Waals surface area (Å²) in [7, 11) is 0. The van der Waals surface area contributed by atoms with E-state index >= 15 is 0 Å². The third-order valence-electron chi connectivity index (χ3n) is 5.12. The number of amides is 2. The number of carbonyl (C=O) groups excluding carboxylic acids is 2. The summed E-state index contributed by atoms with van der Waals surface area (Å²) in [6.45, 7) is 1.49. The minimum atomic E-state index is -0.759. The molecule has 1 heterocycles. The predicted molar refractivity (Wildman–Crippen MR) is 95.1 cm³/mol. The lowest BCUT2D eigenvalue weighted by Gasteiger charge is -2.32. The average Bonchev–Trinajstić information content (AvgIpc) is 2.96. The Morgan fingerprint density at radius 2 is 1.96 bits per heavy atom. The number of carbonyl (C=O) groups is 2. The zero-order valence-corrected chi connectivity index (χ0v) is 14.6. The van der Waals surface area contributed by atoms with E-state index in [0.29, 0.717) is 26.1 Å². The fourth-order valence-corrected chi connectivity index (χ4v) is 3.61. The summed E-state index contributed by atoms with van der Waals surface area (Å²) < 4.78 is 5.64. The van der Waals surface area contributed by atoms with E-state index in [9.17, 15) is 9.59 Å². The van der Waals surface area contributed by atoms with Gasteiger partial charge in [-0.1, -0.05) is 37.5 Å². The molecule has 1 aromatic rings. The molecule has 1 aliphatic carbocycles. The molecule has 3 rings (SSSR count). The summed E-state index contributed by atoms with van der Waals surface area (Å²) >= 11 is 0. The maximum absolute atomic E-state index is 12.5. The zero-order valence-electron chi connectivity index (χ0n) is 14.6. The number of benzene rings is 1. The minimum absolute atomic E-state index is 0.0525. The summed E-state index contributed by atoms with van der Waals surface area (Å²) in [6, 6.07) is 9.38. The second-order valence-corrected chi connectivity index (χ2v) is 7.09. The van der Waals surface area contributed by atoms with Crippen LogP contribution in [-0.4, -0.2) is 48.0 Å². The molecule has 2 fully saturated rings. The molecule has 0 aromatic heterocycles. The molecule has 1 saturated carbocycles. The number of nitrogens with one attached hydrogen (secondary N) is 1. The normalized spacial score (nSPS) is 22.7. The number of hydrogen-bond acceptors (Lipinski definition) is 4. The molecule has 2 aliphatic rings. The van der Waals surface area contributed by atoms with Crippen molar-refractivity contribution in [1.29, 1.82) is 0 Å². The number of likely N-dealkylation sites (tertiary alicyclic amines) is 1. The monoisotopic (exact) mass is 345 g/mol. The lowest BCUT2D eigenvalue weighted by Crippen LogP contribution is -2.57. The van der Waals surface area contributed by atoms with Crippen LogP contribution < -0.4 is 15.8 Å². The van der Waals surface area contributed by atoms with Gasteiger partial charge in [0.2, 0.25) is 11.8 Å². The molecule has 1 unspecified atom stereocenters. The molecule has 6 heteroatoms. The van der Waals surface area contributed by atoms with E-state index in [4.69, 9.17) is 10.5 Å². The second-order valence-electron chi connectivity index (χ2n) is 7.09. The summed E-state index contributed by atoms with van der Waals surface area (Å²) in [5.74, 6) is 0.741. The van der Waals surface area contributed by atoms with Gasteiger partial charge in [0.1, 0.15) is 12.4 Å². The minimum Gasteiger partial charge on any atom is -0.492 e. The fraction of sp³-hybridized carbons (Fsp3) is 0.579. The Balaban J connectivity index is 1.44. The number of nitrogens with two attached hydrogens (primary N) is 1. The van der Waals surface area contributed by atoms with Crippen molar-refractivity contribution in [2.75, 3.05) is 19.7 Å². The quantitative estimate of drug-likeness (QED) is 0.817. The average molecular weight is 345 g/mol. The molecule has 1 aliphatic heterocycles. The molecule has 136 valence electrons. The van der Waals surface area contributed by atoms with Crippen LogP contribution in [0.2, 0.25) is 0 Å². The predicted octanol–water partition coefficient (Wildman–Crippen LogP) is 1.44. The van der Waals surface area contributed by atoms with Crippen molar-refractivity contribution in [2.45, 2.75) is 50.1 Å². The second kappa shape index (κ2) is 7.87. The van der Waals surface area contributed by atoms with Gasteiger partial charge in [0.15, 0.2) is 0 Å². The van der Waals surface area contributed by atoms with Crippen molar-refractivity contribution in [3.8, 4) is 5.75 Å². The van der Waals surface area contributed by atoms with Crippen LogP contribution in [0.4, 0.5) is 0 Å². The van der Waals surface area contributed by atoms with E-state index in [0.717, 1.165) is 37.9 Å². The van der Waals surface area contributed by atoms with Crippen molar-refractivity contribution >= 4 is 11.8 Å². The fourth-order valence-electron chi connectivity index (χ4n) is 3.61. The molecule has 25 heavy (non-hydrogen) atoms. The van der Waals surface area contributed by atoms with Gasteiger partial charge in [-0.05, 0) is 25.0 Å². The first-order chi connectivity index (χ1) is 12.1. The van der Waals surface area contributed by atoms with Gasteiger partial charge in [-0.25, -0.2) is 0 Å². The van der Waals surface area contributed by atoms with E-state index in [1.165, 1.54) is 0 Å².